The molecule has 0 heterocycles. The normalized spacial score (nSPS) is 17.4. The molecule has 0 aliphatic rings. The van der Waals surface area contributed by atoms with Gasteiger partial charge in [0.15, 0.2) is 0 Å². The Kier molecular flexibility index (Phi) is 7.09. The number of aliphatic hydroxyl groups excluding tert-OH is 1. The molecule has 0 aliphatic carbocycles. The van der Waals surface area contributed by atoms with Crippen molar-refractivity contribution in [3.05, 3.63) is 36.5 Å². The molecule has 0 fully saturated rings. The van der Waals surface area contributed by atoms with Gasteiger partial charge in [-0.2, -0.15) is 0 Å². The number of hydrogen-bond acceptors (Lipinski definition) is 2. The Balaban J connectivity index is 3.95. The first-order valence-corrected chi connectivity index (χ1v) is 6.13. The Bertz CT molecular complexity index is 287. The lowest BCUT2D eigenvalue weighted by Gasteiger charge is -2.17. The van der Waals surface area contributed by atoms with Crippen LogP contribution in [0.25, 0.3) is 0 Å². The minimum atomic E-state index is -0.784. The summed E-state index contributed by atoms with van der Waals surface area (Å²) >= 11 is 0. The van der Waals surface area contributed by atoms with Crippen molar-refractivity contribution in [2.75, 3.05) is 0 Å². The van der Waals surface area contributed by atoms with Crippen LogP contribution in [0, 0.1) is 0 Å². The quantitative estimate of drug-likeness (QED) is 0.636. The highest BCUT2D eigenvalue weighted by Crippen LogP contribution is 2.16. The molecule has 0 aromatic carbocycles. The molecule has 0 aromatic heterocycles. The van der Waals surface area contributed by atoms with Crippen LogP contribution in [0.15, 0.2) is 36.5 Å². The monoisotopic (exact) mass is 238 g/mol. The molecule has 0 rings (SSSR count). The van der Waals surface area contributed by atoms with Crippen molar-refractivity contribution in [1.29, 1.82) is 0 Å². The minimum Gasteiger partial charge on any atom is -0.389 e. The van der Waals surface area contributed by atoms with Crippen LogP contribution in [0.4, 0.5) is 0 Å². The van der Waals surface area contributed by atoms with E-state index in [1.54, 1.807) is 13.0 Å². The van der Waals surface area contributed by atoms with Crippen molar-refractivity contribution in [3.63, 3.8) is 0 Å². The molecular formula is C15H26O2. The van der Waals surface area contributed by atoms with Crippen LogP contribution in [0.1, 0.15) is 46.5 Å². The molecule has 0 bridgehead atoms. The minimum absolute atomic E-state index is 0.408. The molecule has 0 aliphatic heterocycles. The molecule has 2 atom stereocenters. The zero-order valence-corrected chi connectivity index (χ0v) is 11.4. The number of aliphatic hydroxyl groups is 2. The van der Waals surface area contributed by atoms with Gasteiger partial charge >= 0.3 is 0 Å². The van der Waals surface area contributed by atoms with Gasteiger partial charge in [-0.05, 0) is 46.5 Å². The fourth-order valence-corrected chi connectivity index (χ4v) is 1.43. The van der Waals surface area contributed by atoms with Crippen LogP contribution in [0.2, 0.25) is 0 Å². The maximum absolute atomic E-state index is 9.73. The predicted octanol–water partition coefficient (Wildman–Crippen LogP) is 3.37. The first-order chi connectivity index (χ1) is 7.78. The van der Waals surface area contributed by atoms with Crippen LogP contribution >= 0.6 is 0 Å². The first kappa shape index (κ1) is 16.1. The lowest BCUT2D eigenvalue weighted by Crippen LogP contribution is -2.19. The van der Waals surface area contributed by atoms with Gasteiger partial charge in [0.05, 0.1) is 11.7 Å². The van der Waals surface area contributed by atoms with Gasteiger partial charge in [0.25, 0.3) is 0 Å². The Hall–Kier alpha value is -0.860. The third kappa shape index (κ3) is 7.94. The molecule has 0 saturated heterocycles. The number of allylic oxidation sites excluding steroid dienone is 2. The van der Waals surface area contributed by atoms with E-state index in [-0.39, 0.29) is 0 Å². The van der Waals surface area contributed by atoms with Gasteiger partial charge < -0.3 is 10.2 Å². The molecule has 0 saturated carbocycles. The summed E-state index contributed by atoms with van der Waals surface area (Å²) in [5.41, 5.74) is 1.27. The summed E-state index contributed by atoms with van der Waals surface area (Å²) in [7, 11) is 0. The largest absolute Gasteiger partial charge is 0.389 e. The van der Waals surface area contributed by atoms with E-state index in [0.717, 1.165) is 24.8 Å². The van der Waals surface area contributed by atoms with E-state index in [4.69, 9.17) is 0 Å². The highest BCUT2D eigenvalue weighted by molar-refractivity contribution is 5.03. The van der Waals surface area contributed by atoms with E-state index in [9.17, 15) is 10.2 Å². The van der Waals surface area contributed by atoms with Gasteiger partial charge in [-0.1, -0.05) is 29.9 Å². The topological polar surface area (TPSA) is 40.5 Å². The predicted molar refractivity (Wildman–Crippen MR) is 73.9 cm³/mol. The average molecular weight is 238 g/mol. The summed E-state index contributed by atoms with van der Waals surface area (Å²) in [5, 5.41) is 19.3. The third-order valence-electron chi connectivity index (χ3n) is 2.96. The van der Waals surface area contributed by atoms with Crippen molar-refractivity contribution >= 4 is 0 Å². The van der Waals surface area contributed by atoms with Crippen molar-refractivity contribution < 1.29 is 10.2 Å². The summed E-state index contributed by atoms with van der Waals surface area (Å²) < 4.78 is 0. The van der Waals surface area contributed by atoms with Gasteiger partial charge in [0, 0.05) is 0 Å². The van der Waals surface area contributed by atoms with Crippen molar-refractivity contribution in [1.82, 2.24) is 0 Å². The van der Waals surface area contributed by atoms with E-state index in [2.05, 4.69) is 19.2 Å². The van der Waals surface area contributed by atoms with Gasteiger partial charge in [0.2, 0.25) is 0 Å². The molecule has 98 valence electrons. The molecule has 2 N–H and O–H groups in total. The number of rotatable bonds is 8. The summed E-state index contributed by atoms with van der Waals surface area (Å²) in [5.74, 6) is 0. The van der Waals surface area contributed by atoms with E-state index in [1.807, 2.05) is 13.8 Å². The molecule has 0 radical (unpaired) electrons. The molecule has 0 amide bonds. The Morgan fingerprint density at radius 1 is 1.41 bits per heavy atom. The lowest BCUT2D eigenvalue weighted by atomic mass is 9.98. The first-order valence-electron chi connectivity index (χ1n) is 6.13. The SMILES string of the molecule is C=CC(C)(O)CC/C=C(/C)CCC(O)C(=C)C. The lowest BCUT2D eigenvalue weighted by molar-refractivity contribution is 0.103. The van der Waals surface area contributed by atoms with Crippen LogP contribution < -0.4 is 0 Å². The number of hydrogen-bond donors (Lipinski definition) is 2. The standard InChI is InChI=1S/C15H26O2/c1-6-15(5,17)11-7-8-13(4)9-10-14(16)12(2)3/h6,8,14,16-17H,1-2,7,9-11H2,3-5H3/b13-8-. The maximum Gasteiger partial charge on any atom is 0.0800 e. The highest BCUT2D eigenvalue weighted by atomic mass is 16.3. The zero-order chi connectivity index (χ0) is 13.5. The van der Waals surface area contributed by atoms with Gasteiger partial charge in [0.1, 0.15) is 0 Å². The van der Waals surface area contributed by atoms with Gasteiger partial charge in [-0.3, -0.25) is 0 Å². The van der Waals surface area contributed by atoms with Crippen molar-refractivity contribution in [2.24, 2.45) is 0 Å². The van der Waals surface area contributed by atoms with Crippen molar-refractivity contribution in [2.45, 2.75) is 58.2 Å². The fraction of sp³-hybridized carbons (Fsp3) is 0.600. The molecule has 0 spiro atoms. The second kappa shape index (κ2) is 7.46. The molecule has 2 unspecified atom stereocenters. The second-order valence-electron chi connectivity index (χ2n) is 5.05. The molecule has 17 heavy (non-hydrogen) atoms. The van der Waals surface area contributed by atoms with E-state index in [1.165, 1.54) is 5.57 Å². The summed E-state index contributed by atoms with van der Waals surface area (Å²) in [4.78, 5) is 0. The molecule has 2 nitrogen and oxygen atoms in total. The summed E-state index contributed by atoms with van der Waals surface area (Å²) in [6, 6.07) is 0. The van der Waals surface area contributed by atoms with E-state index in [0.29, 0.717) is 6.42 Å². The summed E-state index contributed by atoms with van der Waals surface area (Å²) in [6.07, 6.45) is 6.36. The van der Waals surface area contributed by atoms with Crippen LogP contribution in [-0.2, 0) is 0 Å². The Labute approximate surface area is 105 Å². The fourth-order valence-electron chi connectivity index (χ4n) is 1.43. The van der Waals surface area contributed by atoms with E-state index >= 15 is 0 Å². The van der Waals surface area contributed by atoms with Crippen molar-refractivity contribution in [3.8, 4) is 0 Å². The Morgan fingerprint density at radius 2 is 2.00 bits per heavy atom. The smallest absolute Gasteiger partial charge is 0.0800 e. The summed E-state index contributed by atoms with van der Waals surface area (Å²) in [6.45, 7) is 13.0. The molecular weight excluding hydrogens is 212 g/mol. The van der Waals surface area contributed by atoms with Crippen LogP contribution in [0.3, 0.4) is 0 Å². The third-order valence-corrected chi connectivity index (χ3v) is 2.96. The highest BCUT2D eigenvalue weighted by Gasteiger charge is 2.13. The van der Waals surface area contributed by atoms with Gasteiger partial charge in [-0.15, -0.1) is 6.58 Å². The zero-order valence-electron chi connectivity index (χ0n) is 11.4. The average Bonchev–Trinajstić information content (AvgIpc) is 2.25. The molecule has 2 heteroatoms. The Morgan fingerprint density at radius 3 is 2.47 bits per heavy atom. The van der Waals surface area contributed by atoms with Gasteiger partial charge in [-0.25, -0.2) is 0 Å². The second-order valence-corrected chi connectivity index (χ2v) is 5.05. The maximum atomic E-state index is 9.73. The van der Waals surface area contributed by atoms with Crippen LogP contribution in [-0.4, -0.2) is 21.9 Å². The van der Waals surface area contributed by atoms with Crippen LogP contribution in [0.5, 0.6) is 0 Å². The molecule has 0 aromatic rings. The van der Waals surface area contributed by atoms with E-state index < -0.39 is 11.7 Å².